The Morgan fingerprint density at radius 3 is 2.45 bits per heavy atom. The number of rotatable bonds is 6. The fraction of sp³-hybridized carbons (Fsp3) is 0.591. The van der Waals surface area contributed by atoms with E-state index in [1.165, 1.54) is 43.5 Å². The summed E-state index contributed by atoms with van der Waals surface area (Å²) in [5.41, 5.74) is 0.476. The zero-order chi connectivity index (χ0) is 20.1. The summed E-state index contributed by atoms with van der Waals surface area (Å²) in [7, 11) is 0. The van der Waals surface area contributed by atoms with Gasteiger partial charge in [-0.05, 0) is 37.8 Å². The maximum absolute atomic E-state index is 14.5. The Hall–Kier alpha value is -1.89. The van der Waals surface area contributed by atoms with Crippen LogP contribution in [0.3, 0.4) is 0 Å². The number of hydrogen-bond donors (Lipinski definition) is 1. The second-order valence-corrected chi connectivity index (χ2v) is 9.08. The molecule has 1 aromatic carbocycles. The molecule has 1 heterocycles. The summed E-state index contributed by atoms with van der Waals surface area (Å²) in [4.78, 5) is 12.5. The fourth-order valence-corrected chi connectivity index (χ4v) is 5.33. The normalized spacial score (nSPS) is 18.7. The quantitative estimate of drug-likeness (QED) is 0.663. The standard InChI is InChI=1S/C22H29FN4OS/c23-19-14-8-7-13-18(19)21-25-26-22(27(21)17-11-5-2-6-12-17)29-15-20(28)24-16-9-3-1-4-10-16/h7-8,13-14,16-17H,1-6,9-12,15H2,(H,24,28). The van der Waals surface area contributed by atoms with Gasteiger partial charge in [-0.3, -0.25) is 9.36 Å². The number of carbonyl (C=O) groups excluding carboxylic acids is 1. The van der Waals surface area contributed by atoms with Gasteiger partial charge in [0.25, 0.3) is 0 Å². The molecule has 0 unspecified atom stereocenters. The lowest BCUT2D eigenvalue weighted by Gasteiger charge is -2.26. The molecule has 2 aliphatic rings. The highest BCUT2D eigenvalue weighted by Gasteiger charge is 2.25. The van der Waals surface area contributed by atoms with Crippen molar-refractivity contribution in [2.24, 2.45) is 0 Å². The van der Waals surface area contributed by atoms with Gasteiger partial charge in [0, 0.05) is 12.1 Å². The largest absolute Gasteiger partial charge is 0.353 e. The fourth-order valence-electron chi connectivity index (χ4n) is 4.52. The first kappa shape index (κ1) is 20.4. The minimum absolute atomic E-state index is 0.0486. The Morgan fingerprint density at radius 1 is 1.03 bits per heavy atom. The minimum atomic E-state index is -0.288. The molecule has 0 atom stereocenters. The summed E-state index contributed by atoms with van der Waals surface area (Å²) in [5, 5.41) is 12.6. The van der Waals surface area contributed by atoms with E-state index in [1.807, 2.05) is 6.07 Å². The van der Waals surface area contributed by atoms with Crippen molar-refractivity contribution in [2.75, 3.05) is 5.75 Å². The molecule has 0 saturated heterocycles. The highest BCUT2D eigenvalue weighted by molar-refractivity contribution is 7.99. The Balaban J connectivity index is 1.51. The van der Waals surface area contributed by atoms with Crippen LogP contribution in [0.25, 0.3) is 11.4 Å². The summed E-state index contributed by atoms with van der Waals surface area (Å²) in [6, 6.07) is 7.29. The molecule has 0 aliphatic heterocycles. The molecular weight excluding hydrogens is 387 g/mol. The number of nitrogens with one attached hydrogen (secondary N) is 1. The van der Waals surface area contributed by atoms with Gasteiger partial charge in [-0.2, -0.15) is 0 Å². The van der Waals surface area contributed by atoms with E-state index in [1.54, 1.807) is 12.1 Å². The molecule has 4 rings (SSSR count). The van der Waals surface area contributed by atoms with E-state index >= 15 is 0 Å². The second kappa shape index (κ2) is 9.74. The van der Waals surface area contributed by atoms with E-state index < -0.39 is 0 Å². The average molecular weight is 417 g/mol. The molecule has 1 amide bonds. The molecule has 2 aliphatic carbocycles. The molecule has 7 heteroatoms. The zero-order valence-corrected chi connectivity index (χ0v) is 17.6. The number of thioether (sulfide) groups is 1. The summed E-state index contributed by atoms with van der Waals surface area (Å²) >= 11 is 1.41. The lowest BCUT2D eigenvalue weighted by atomic mass is 9.95. The molecule has 29 heavy (non-hydrogen) atoms. The van der Waals surface area contributed by atoms with E-state index in [0.717, 1.165) is 38.5 Å². The Kier molecular flexibility index (Phi) is 6.85. The second-order valence-electron chi connectivity index (χ2n) is 8.14. The van der Waals surface area contributed by atoms with Gasteiger partial charge < -0.3 is 5.32 Å². The third kappa shape index (κ3) is 5.00. The Labute approximate surface area is 175 Å². The van der Waals surface area contributed by atoms with Gasteiger partial charge >= 0.3 is 0 Å². The number of benzene rings is 1. The maximum atomic E-state index is 14.5. The lowest BCUT2D eigenvalue weighted by molar-refractivity contribution is -0.119. The molecule has 1 N–H and O–H groups in total. The zero-order valence-electron chi connectivity index (χ0n) is 16.8. The first-order valence-electron chi connectivity index (χ1n) is 10.8. The molecule has 2 aromatic rings. The van der Waals surface area contributed by atoms with Crippen LogP contribution in [0.2, 0.25) is 0 Å². The van der Waals surface area contributed by atoms with Crippen molar-refractivity contribution in [1.82, 2.24) is 20.1 Å². The van der Waals surface area contributed by atoms with Gasteiger partial charge in [0.1, 0.15) is 5.82 Å². The van der Waals surface area contributed by atoms with Crippen molar-refractivity contribution in [1.29, 1.82) is 0 Å². The van der Waals surface area contributed by atoms with Gasteiger partial charge in [0.2, 0.25) is 5.91 Å². The molecule has 5 nitrogen and oxygen atoms in total. The Morgan fingerprint density at radius 2 is 1.72 bits per heavy atom. The molecule has 0 spiro atoms. The first-order chi connectivity index (χ1) is 14.2. The van der Waals surface area contributed by atoms with Crippen LogP contribution >= 0.6 is 11.8 Å². The smallest absolute Gasteiger partial charge is 0.230 e. The van der Waals surface area contributed by atoms with Crippen molar-refractivity contribution in [3.63, 3.8) is 0 Å². The van der Waals surface area contributed by atoms with E-state index in [4.69, 9.17) is 0 Å². The lowest BCUT2D eigenvalue weighted by Crippen LogP contribution is -2.37. The van der Waals surface area contributed by atoms with E-state index in [2.05, 4.69) is 20.1 Å². The van der Waals surface area contributed by atoms with Crippen LogP contribution in [-0.2, 0) is 4.79 Å². The van der Waals surface area contributed by atoms with Crippen LogP contribution in [-0.4, -0.2) is 32.5 Å². The van der Waals surface area contributed by atoms with E-state index in [-0.39, 0.29) is 17.8 Å². The number of halogens is 1. The van der Waals surface area contributed by atoms with Gasteiger partial charge in [-0.1, -0.05) is 62.4 Å². The molecular formula is C22H29FN4OS. The van der Waals surface area contributed by atoms with Crippen molar-refractivity contribution < 1.29 is 9.18 Å². The van der Waals surface area contributed by atoms with Crippen LogP contribution in [0, 0.1) is 5.82 Å². The summed E-state index contributed by atoms with van der Waals surface area (Å²) < 4.78 is 16.5. The van der Waals surface area contributed by atoms with Crippen LogP contribution in [0.5, 0.6) is 0 Å². The first-order valence-corrected chi connectivity index (χ1v) is 11.8. The molecule has 0 radical (unpaired) electrons. The molecule has 0 bridgehead atoms. The number of hydrogen-bond acceptors (Lipinski definition) is 4. The average Bonchev–Trinajstić information content (AvgIpc) is 3.18. The number of nitrogens with zero attached hydrogens (tertiary/aromatic N) is 3. The third-order valence-corrected chi connectivity index (χ3v) is 6.96. The van der Waals surface area contributed by atoms with E-state index in [0.29, 0.717) is 28.3 Å². The number of carbonyl (C=O) groups is 1. The third-order valence-electron chi connectivity index (χ3n) is 6.02. The van der Waals surface area contributed by atoms with Crippen molar-refractivity contribution in [2.45, 2.75) is 81.4 Å². The van der Waals surface area contributed by atoms with Crippen LogP contribution < -0.4 is 5.32 Å². The molecule has 156 valence electrons. The van der Waals surface area contributed by atoms with Gasteiger partial charge in [-0.25, -0.2) is 4.39 Å². The van der Waals surface area contributed by atoms with Crippen molar-refractivity contribution >= 4 is 17.7 Å². The predicted molar refractivity (Wildman–Crippen MR) is 113 cm³/mol. The summed E-state index contributed by atoms with van der Waals surface area (Å²) in [6.45, 7) is 0. The highest BCUT2D eigenvalue weighted by atomic mass is 32.2. The van der Waals surface area contributed by atoms with Crippen LogP contribution in [0.15, 0.2) is 29.4 Å². The summed E-state index contributed by atoms with van der Waals surface area (Å²) in [6.07, 6.45) is 11.4. The molecule has 1 aromatic heterocycles. The SMILES string of the molecule is O=C(CSc1nnc(-c2ccccc2F)n1C1CCCCC1)NC1CCCCC1. The van der Waals surface area contributed by atoms with Crippen LogP contribution in [0.1, 0.15) is 70.3 Å². The Bertz CT molecular complexity index is 828. The summed E-state index contributed by atoms with van der Waals surface area (Å²) in [5.74, 6) is 0.653. The maximum Gasteiger partial charge on any atom is 0.230 e. The number of amides is 1. The monoisotopic (exact) mass is 416 g/mol. The molecule has 2 fully saturated rings. The highest BCUT2D eigenvalue weighted by Crippen LogP contribution is 2.36. The molecule has 2 saturated carbocycles. The van der Waals surface area contributed by atoms with Gasteiger partial charge in [0.05, 0.1) is 11.3 Å². The topological polar surface area (TPSA) is 59.8 Å². The van der Waals surface area contributed by atoms with E-state index in [9.17, 15) is 9.18 Å². The number of aromatic nitrogens is 3. The van der Waals surface area contributed by atoms with Crippen molar-refractivity contribution in [3.8, 4) is 11.4 Å². The van der Waals surface area contributed by atoms with Gasteiger partial charge in [0.15, 0.2) is 11.0 Å². The van der Waals surface area contributed by atoms with Crippen LogP contribution in [0.4, 0.5) is 4.39 Å². The van der Waals surface area contributed by atoms with Crippen molar-refractivity contribution in [3.05, 3.63) is 30.1 Å². The minimum Gasteiger partial charge on any atom is -0.353 e. The van der Waals surface area contributed by atoms with Gasteiger partial charge in [-0.15, -0.1) is 10.2 Å². The predicted octanol–water partition coefficient (Wildman–Crippen LogP) is 5.13.